The van der Waals surface area contributed by atoms with Crippen LogP contribution in [0.15, 0.2) is 40.2 Å². The van der Waals surface area contributed by atoms with Crippen LogP contribution < -0.4 is 10.1 Å². The van der Waals surface area contributed by atoms with Crippen LogP contribution >= 0.6 is 27.3 Å². The van der Waals surface area contributed by atoms with Crippen LogP contribution in [0.2, 0.25) is 0 Å². The lowest BCUT2D eigenvalue weighted by atomic mass is 10.0. The van der Waals surface area contributed by atoms with Crippen molar-refractivity contribution < 1.29 is 23.1 Å². The first-order valence-corrected chi connectivity index (χ1v) is 9.76. The molecule has 0 aliphatic rings. The summed E-state index contributed by atoms with van der Waals surface area (Å²) in [5.41, 5.74) is 0.463. The van der Waals surface area contributed by atoms with Crippen LogP contribution in [-0.2, 0) is 4.79 Å². The van der Waals surface area contributed by atoms with Gasteiger partial charge in [0.1, 0.15) is 5.75 Å². The summed E-state index contributed by atoms with van der Waals surface area (Å²) in [5.74, 6) is -0.636. The summed E-state index contributed by atoms with van der Waals surface area (Å²) in [6, 6.07) is 9.27. The van der Waals surface area contributed by atoms with Crippen LogP contribution in [0.25, 0.3) is 0 Å². The molecule has 2 aromatic rings. The molecule has 0 bridgehead atoms. The minimum absolute atomic E-state index is 0.0208. The van der Waals surface area contributed by atoms with Crippen molar-refractivity contribution in [3.63, 3.8) is 0 Å². The van der Waals surface area contributed by atoms with E-state index in [0.29, 0.717) is 16.9 Å². The molecular weight excluding hydrogens is 442 g/mol. The highest BCUT2D eigenvalue weighted by Gasteiger charge is 2.21. The molecule has 1 unspecified atom stereocenters. The molecule has 2 rings (SSSR count). The van der Waals surface area contributed by atoms with Gasteiger partial charge in [0.2, 0.25) is 5.91 Å². The Kier molecular flexibility index (Phi) is 7.73. The zero-order chi connectivity index (χ0) is 20.0. The molecule has 2 amide bonds. The molecule has 5 nitrogen and oxygen atoms in total. The van der Waals surface area contributed by atoms with E-state index in [1.165, 1.54) is 29.4 Å². The van der Waals surface area contributed by atoms with E-state index >= 15 is 0 Å². The van der Waals surface area contributed by atoms with Crippen LogP contribution in [0.1, 0.15) is 34.6 Å². The number of carbonyl (C=O) groups excluding carboxylic acids is 2. The predicted molar refractivity (Wildman–Crippen MR) is 103 cm³/mol. The molecule has 1 atom stereocenters. The number of alkyl halides is 2. The number of halogens is 3. The smallest absolute Gasteiger partial charge is 0.387 e. The summed E-state index contributed by atoms with van der Waals surface area (Å²) in [7, 11) is 1.53. The number of rotatable bonds is 8. The highest BCUT2D eigenvalue weighted by atomic mass is 79.9. The Morgan fingerprint density at radius 3 is 2.56 bits per heavy atom. The van der Waals surface area contributed by atoms with Crippen molar-refractivity contribution in [2.75, 3.05) is 13.6 Å². The molecule has 9 heteroatoms. The maximum atomic E-state index is 12.6. The zero-order valence-corrected chi connectivity index (χ0v) is 17.1. The molecule has 27 heavy (non-hydrogen) atoms. The van der Waals surface area contributed by atoms with Crippen LogP contribution in [0.3, 0.4) is 0 Å². The zero-order valence-electron chi connectivity index (χ0n) is 14.7. The number of para-hydroxylation sites is 1. The van der Waals surface area contributed by atoms with E-state index in [2.05, 4.69) is 26.0 Å². The van der Waals surface area contributed by atoms with Crippen LogP contribution in [0.4, 0.5) is 8.78 Å². The van der Waals surface area contributed by atoms with Crippen molar-refractivity contribution in [3.8, 4) is 5.75 Å². The van der Waals surface area contributed by atoms with Gasteiger partial charge in [-0.1, -0.05) is 25.1 Å². The van der Waals surface area contributed by atoms with E-state index in [9.17, 15) is 18.4 Å². The number of amides is 2. The summed E-state index contributed by atoms with van der Waals surface area (Å²) < 4.78 is 30.6. The topological polar surface area (TPSA) is 58.6 Å². The van der Waals surface area contributed by atoms with E-state index in [0.717, 1.165) is 3.79 Å². The van der Waals surface area contributed by atoms with Crippen molar-refractivity contribution >= 4 is 39.1 Å². The van der Waals surface area contributed by atoms with Gasteiger partial charge < -0.3 is 15.0 Å². The molecule has 146 valence electrons. The maximum Gasteiger partial charge on any atom is 0.387 e. The summed E-state index contributed by atoms with van der Waals surface area (Å²) in [6.45, 7) is -1.28. The number of hydrogen-bond acceptors (Lipinski definition) is 4. The largest absolute Gasteiger partial charge is 0.434 e. The molecule has 1 N–H and O–H groups in total. The minimum atomic E-state index is -2.95. The van der Waals surface area contributed by atoms with Gasteiger partial charge in [-0.2, -0.15) is 8.78 Å². The van der Waals surface area contributed by atoms with Crippen molar-refractivity contribution in [2.45, 2.75) is 26.0 Å². The van der Waals surface area contributed by atoms with E-state index < -0.39 is 12.7 Å². The van der Waals surface area contributed by atoms with Gasteiger partial charge in [-0.05, 0) is 40.5 Å². The second-order valence-electron chi connectivity index (χ2n) is 5.71. The van der Waals surface area contributed by atoms with Gasteiger partial charge >= 0.3 is 6.61 Å². The number of ether oxygens (including phenoxy) is 1. The molecule has 0 radical (unpaired) electrons. The van der Waals surface area contributed by atoms with Gasteiger partial charge in [-0.3, -0.25) is 9.59 Å². The molecule has 0 saturated carbocycles. The fourth-order valence-electron chi connectivity index (χ4n) is 2.52. The Labute approximate surface area is 168 Å². The Morgan fingerprint density at radius 2 is 1.96 bits per heavy atom. The lowest BCUT2D eigenvalue weighted by Gasteiger charge is -2.22. The Morgan fingerprint density at radius 1 is 1.26 bits per heavy atom. The fourth-order valence-corrected chi connectivity index (χ4v) is 3.90. The first-order chi connectivity index (χ1) is 12.8. The summed E-state index contributed by atoms with van der Waals surface area (Å²) in [4.78, 5) is 26.5. The number of carbonyl (C=O) groups is 2. The highest BCUT2D eigenvalue weighted by Crippen LogP contribution is 2.28. The molecule has 0 spiro atoms. The molecule has 0 aliphatic heterocycles. The third-order valence-corrected chi connectivity index (χ3v) is 5.38. The van der Waals surface area contributed by atoms with Gasteiger partial charge in [0.25, 0.3) is 5.91 Å². The monoisotopic (exact) mass is 460 g/mol. The number of hydrogen-bond donors (Lipinski definition) is 1. The molecule has 1 aromatic heterocycles. The van der Waals surface area contributed by atoms with Crippen molar-refractivity contribution in [3.05, 3.63) is 50.6 Å². The fraction of sp³-hybridized carbons (Fsp3) is 0.333. The lowest BCUT2D eigenvalue weighted by molar-refractivity contribution is -0.122. The SMILES string of the molecule is CCC(NC(=O)CN(C)C(=O)c1ccc(Br)s1)c1ccccc1OC(F)F. The molecule has 0 aliphatic carbocycles. The average Bonchev–Trinajstić information content (AvgIpc) is 3.05. The average molecular weight is 461 g/mol. The third-order valence-electron chi connectivity index (χ3n) is 3.77. The quantitative estimate of drug-likeness (QED) is 0.632. The number of likely N-dealkylation sites (N-methyl/N-ethyl adjacent to an activating group) is 1. The second-order valence-corrected chi connectivity index (χ2v) is 8.17. The summed E-state index contributed by atoms with van der Waals surface area (Å²) in [6.07, 6.45) is 0.477. The third kappa shape index (κ3) is 6.00. The minimum Gasteiger partial charge on any atom is -0.434 e. The molecule has 1 heterocycles. The predicted octanol–water partition coefficient (Wildman–Crippen LogP) is 4.45. The Hall–Kier alpha value is -2.00. The summed E-state index contributed by atoms with van der Waals surface area (Å²) in [5, 5.41) is 2.78. The Bertz CT molecular complexity index is 800. The van der Waals surface area contributed by atoms with Crippen molar-refractivity contribution in [2.24, 2.45) is 0 Å². The van der Waals surface area contributed by atoms with Gasteiger partial charge in [0.15, 0.2) is 0 Å². The first-order valence-electron chi connectivity index (χ1n) is 8.15. The standard InChI is InChI=1S/C18H19BrF2N2O3S/c1-3-12(11-6-4-5-7-13(11)26-18(20)21)22-16(24)10-23(2)17(25)14-8-9-15(19)27-14/h4-9,12,18H,3,10H2,1-2H3,(H,22,24). The normalized spacial score (nSPS) is 11.9. The molecule has 0 saturated heterocycles. The van der Waals surface area contributed by atoms with Crippen LogP contribution in [0.5, 0.6) is 5.75 Å². The number of nitrogens with zero attached hydrogens (tertiary/aromatic N) is 1. The van der Waals surface area contributed by atoms with E-state index in [4.69, 9.17) is 0 Å². The molecule has 0 fully saturated rings. The van der Waals surface area contributed by atoms with E-state index in [-0.39, 0.29) is 24.1 Å². The maximum absolute atomic E-state index is 12.6. The van der Waals surface area contributed by atoms with Crippen molar-refractivity contribution in [1.82, 2.24) is 10.2 Å². The number of nitrogens with one attached hydrogen (secondary N) is 1. The summed E-state index contributed by atoms with van der Waals surface area (Å²) >= 11 is 4.58. The van der Waals surface area contributed by atoms with Crippen LogP contribution in [-0.4, -0.2) is 36.9 Å². The van der Waals surface area contributed by atoms with Gasteiger partial charge in [-0.15, -0.1) is 11.3 Å². The van der Waals surface area contributed by atoms with E-state index in [1.807, 2.05) is 6.92 Å². The number of benzene rings is 1. The molecular formula is C18H19BrF2N2O3S. The van der Waals surface area contributed by atoms with Gasteiger partial charge in [0.05, 0.1) is 21.3 Å². The molecule has 1 aromatic carbocycles. The van der Waals surface area contributed by atoms with Crippen LogP contribution in [0, 0.1) is 0 Å². The lowest BCUT2D eigenvalue weighted by Crippen LogP contribution is -2.39. The van der Waals surface area contributed by atoms with Gasteiger partial charge in [-0.25, -0.2) is 0 Å². The van der Waals surface area contributed by atoms with E-state index in [1.54, 1.807) is 30.3 Å². The first kappa shape index (κ1) is 21.3. The second kappa shape index (κ2) is 9.80. The Balaban J connectivity index is 2.04. The van der Waals surface area contributed by atoms with Crippen molar-refractivity contribution in [1.29, 1.82) is 0 Å². The number of thiophene rings is 1. The van der Waals surface area contributed by atoms with Gasteiger partial charge in [0, 0.05) is 12.6 Å². The highest BCUT2D eigenvalue weighted by molar-refractivity contribution is 9.11.